The monoisotopic (exact) mass is 277 g/mol. The SMILES string of the molecule is OCCCSCCNCC(O)COC1CCCC1. The number of rotatable bonds is 11. The number of hydrogen-bond acceptors (Lipinski definition) is 5. The highest BCUT2D eigenvalue weighted by Gasteiger charge is 2.16. The minimum Gasteiger partial charge on any atom is -0.396 e. The van der Waals surface area contributed by atoms with Crippen molar-refractivity contribution in [2.45, 2.75) is 44.3 Å². The lowest BCUT2D eigenvalue weighted by Gasteiger charge is -2.15. The molecule has 0 radical (unpaired) electrons. The van der Waals surface area contributed by atoms with E-state index in [0.29, 0.717) is 19.3 Å². The normalized spacial score (nSPS) is 18.3. The van der Waals surface area contributed by atoms with Crippen LogP contribution in [0.1, 0.15) is 32.1 Å². The van der Waals surface area contributed by atoms with Gasteiger partial charge in [0.2, 0.25) is 0 Å². The van der Waals surface area contributed by atoms with E-state index in [-0.39, 0.29) is 6.61 Å². The fourth-order valence-electron chi connectivity index (χ4n) is 2.04. The largest absolute Gasteiger partial charge is 0.396 e. The van der Waals surface area contributed by atoms with Crippen molar-refractivity contribution in [3.05, 3.63) is 0 Å². The summed E-state index contributed by atoms with van der Waals surface area (Å²) >= 11 is 1.83. The third-order valence-electron chi connectivity index (χ3n) is 3.08. The van der Waals surface area contributed by atoms with Crippen LogP contribution in [0.15, 0.2) is 0 Å². The van der Waals surface area contributed by atoms with Crippen molar-refractivity contribution < 1.29 is 14.9 Å². The Morgan fingerprint density at radius 2 is 2.06 bits per heavy atom. The highest BCUT2D eigenvalue weighted by Crippen LogP contribution is 2.20. The second kappa shape index (κ2) is 11.1. The molecule has 0 saturated heterocycles. The van der Waals surface area contributed by atoms with Crippen molar-refractivity contribution in [3.63, 3.8) is 0 Å². The molecule has 1 atom stereocenters. The number of nitrogens with one attached hydrogen (secondary N) is 1. The van der Waals surface area contributed by atoms with Gasteiger partial charge in [-0.2, -0.15) is 11.8 Å². The Bertz CT molecular complexity index is 189. The van der Waals surface area contributed by atoms with E-state index in [9.17, 15) is 5.11 Å². The van der Waals surface area contributed by atoms with Crippen LogP contribution in [0.5, 0.6) is 0 Å². The molecule has 0 aromatic rings. The molecule has 5 heteroatoms. The van der Waals surface area contributed by atoms with Crippen LogP contribution < -0.4 is 5.32 Å². The Morgan fingerprint density at radius 1 is 1.28 bits per heavy atom. The first-order valence-corrected chi connectivity index (χ1v) is 8.17. The average Bonchev–Trinajstić information content (AvgIpc) is 2.88. The van der Waals surface area contributed by atoms with E-state index < -0.39 is 6.10 Å². The molecule has 1 rings (SSSR count). The van der Waals surface area contributed by atoms with E-state index in [4.69, 9.17) is 9.84 Å². The standard InChI is InChI=1S/C13H27NO3S/c15-7-3-8-18-9-6-14-10-12(16)11-17-13-4-1-2-5-13/h12-16H,1-11H2. The van der Waals surface area contributed by atoms with Gasteiger partial charge in [-0.15, -0.1) is 0 Å². The molecule has 0 bridgehead atoms. The highest BCUT2D eigenvalue weighted by molar-refractivity contribution is 7.99. The van der Waals surface area contributed by atoms with Gasteiger partial charge < -0.3 is 20.3 Å². The molecule has 3 N–H and O–H groups in total. The summed E-state index contributed by atoms with van der Waals surface area (Å²) in [6.45, 7) is 2.23. The van der Waals surface area contributed by atoms with Crippen molar-refractivity contribution in [2.75, 3.05) is 37.8 Å². The third-order valence-corrected chi connectivity index (χ3v) is 4.15. The van der Waals surface area contributed by atoms with E-state index >= 15 is 0 Å². The van der Waals surface area contributed by atoms with Crippen molar-refractivity contribution >= 4 is 11.8 Å². The molecule has 1 fully saturated rings. The van der Waals surface area contributed by atoms with Gasteiger partial charge in [-0.3, -0.25) is 0 Å². The van der Waals surface area contributed by atoms with Gasteiger partial charge >= 0.3 is 0 Å². The quantitative estimate of drug-likeness (QED) is 0.492. The predicted molar refractivity (Wildman–Crippen MR) is 76.1 cm³/mol. The van der Waals surface area contributed by atoms with Crippen LogP contribution in [-0.4, -0.2) is 60.2 Å². The lowest BCUT2D eigenvalue weighted by atomic mass is 10.3. The molecule has 0 heterocycles. The first kappa shape index (κ1) is 16.2. The van der Waals surface area contributed by atoms with Gasteiger partial charge in [0.25, 0.3) is 0 Å². The lowest BCUT2D eigenvalue weighted by Crippen LogP contribution is -2.32. The summed E-state index contributed by atoms with van der Waals surface area (Å²) in [7, 11) is 0. The molecule has 0 aliphatic heterocycles. The van der Waals surface area contributed by atoms with Gasteiger partial charge in [0, 0.05) is 25.4 Å². The van der Waals surface area contributed by atoms with Gasteiger partial charge in [-0.05, 0) is 25.0 Å². The average molecular weight is 277 g/mol. The van der Waals surface area contributed by atoms with Gasteiger partial charge in [-0.25, -0.2) is 0 Å². The summed E-state index contributed by atoms with van der Waals surface area (Å²) in [6.07, 6.45) is 5.70. The van der Waals surface area contributed by atoms with Crippen molar-refractivity contribution in [2.24, 2.45) is 0 Å². The van der Waals surface area contributed by atoms with E-state index in [1.54, 1.807) is 0 Å². The van der Waals surface area contributed by atoms with Crippen LogP contribution in [0.3, 0.4) is 0 Å². The topological polar surface area (TPSA) is 61.7 Å². The van der Waals surface area contributed by atoms with Crippen LogP contribution in [-0.2, 0) is 4.74 Å². The zero-order valence-electron chi connectivity index (χ0n) is 11.1. The first-order chi connectivity index (χ1) is 8.83. The van der Waals surface area contributed by atoms with E-state index in [1.807, 2.05) is 11.8 Å². The Hall–Kier alpha value is 0.190. The number of ether oxygens (including phenoxy) is 1. The molecule has 0 amide bonds. The van der Waals surface area contributed by atoms with Crippen LogP contribution in [0.25, 0.3) is 0 Å². The number of hydrogen-bond donors (Lipinski definition) is 3. The summed E-state index contributed by atoms with van der Waals surface area (Å²) in [4.78, 5) is 0. The molecular formula is C13H27NO3S. The van der Waals surface area contributed by atoms with Crippen LogP contribution in [0, 0.1) is 0 Å². The fourth-order valence-corrected chi connectivity index (χ4v) is 2.87. The first-order valence-electron chi connectivity index (χ1n) is 7.02. The number of aliphatic hydroxyl groups is 2. The highest BCUT2D eigenvalue weighted by atomic mass is 32.2. The maximum atomic E-state index is 9.72. The number of aliphatic hydroxyl groups excluding tert-OH is 2. The molecule has 1 aliphatic carbocycles. The fraction of sp³-hybridized carbons (Fsp3) is 1.00. The molecule has 18 heavy (non-hydrogen) atoms. The predicted octanol–water partition coefficient (Wildman–Crippen LogP) is 1.01. The van der Waals surface area contributed by atoms with Crippen LogP contribution in [0.2, 0.25) is 0 Å². The third kappa shape index (κ3) is 8.32. The van der Waals surface area contributed by atoms with Gasteiger partial charge in [-0.1, -0.05) is 12.8 Å². The molecule has 0 spiro atoms. The smallest absolute Gasteiger partial charge is 0.0897 e. The Kier molecular flexibility index (Phi) is 9.98. The second-order valence-corrected chi connectivity index (χ2v) is 6.01. The maximum Gasteiger partial charge on any atom is 0.0897 e. The van der Waals surface area contributed by atoms with Crippen LogP contribution >= 0.6 is 11.8 Å². The second-order valence-electron chi connectivity index (χ2n) is 4.79. The summed E-state index contributed by atoms with van der Waals surface area (Å²) in [5.41, 5.74) is 0. The van der Waals surface area contributed by atoms with E-state index in [0.717, 1.165) is 37.3 Å². The number of thioether (sulfide) groups is 1. The minimum absolute atomic E-state index is 0.275. The summed E-state index contributed by atoms with van der Waals surface area (Å²) < 4.78 is 5.65. The van der Waals surface area contributed by atoms with Crippen molar-refractivity contribution in [1.82, 2.24) is 5.32 Å². The Balaban J connectivity index is 1.82. The van der Waals surface area contributed by atoms with Gasteiger partial charge in [0.1, 0.15) is 0 Å². The molecular weight excluding hydrogens is 250 g/mol. The lowest BCUT2D eigenvalue weighted by molar-refractivity contribution is -0.00520. The molecule has 108 valence electrons. The minimum atomic E-state index is -0.395. The zero-order chi connectivity index (χ0) is 13.1. The molecule has 0 aromatic carbocycles. The molecule has 4 nitrogen and oxygen atoms in total. The van der Waals surface area contributed by atoms with Crippen molar-refractivity contribution in [3.8, 4) is 0 Å². The Labute approximate surface area is 114 Å². The molecule has 1 aliphatic rings. The van der Waals surface area contributed by atoms with Gasteiger partial charge in [0.15, 0.2) is 0 Å². The van der Waals surface area contributed by atoms with E-state index in [2.05, 4.69) is 5.32 Å². The zero-order valence-corrected chi connectivity index (χ0v) is 12.0. The summed E-state index contributed by atoms with van der Waals surface area (Å²) in [5, 5.41) is 21.6. The van der Waals surface area contributed by atoms with Gasteiger partial charge in [0.05, 0.1) is 18.8 Å². The van der Waals surface area contributed by atoms with Crippen LogP contribution in [0.4, 0.5) is 0 Å². The molecule has 1 saturated carbocycles. The van der Waals surface area contributed by atoms with E-state index in [1.165, 1.54) is 12.8 Å². The van der Waals surface area contributed by atoms with Crippen molar-refractivity contribution in [1.29, 1.82) is 0 Å². The maximum absolute atomic E-state index is 9.72. The summed E-state index contributed by atoms with van der Waals surface area (Å²) in [5.74, 6) is 2.03. The molecule has 0 aromatic heterocycles. The molecule has 1 unspecified atom stereocenters. The summed E-state index contributed by atoms with van der Waals surface area (Å²) in [6, 6.07) is 0. The Morgan fingerprint density at radius 3 is 2.78 bits per heavy atom.